The van der Waals surface area contributed by atoms with Crippen LogP contribution in [0.4, 0.5) is 17.1 Å². The van der Waals surface area contributed by atoms with Gasteiger partial charge in [-0.1, -0.05) is 35.9 Å². The van der Waals surface area contributed by atoms with Gasteiger partial charge in [0.25, 0.3) is 0 Å². The molecule has 4 aromatic rings. The minimum absolute atomic E-state index is 0.0170. The van der Waals surface area contributed by atoms with E-state index >= 15 is 0 Å². The van der Waals surface area contributed by atoms with Crippen LogP contribution in [0.5, 0.6) is 11.5 Å². The fraction of sp³-hybridized carbons (Fsp3) is 0.386. The maximum Gasteiger partial charge on any atom is 0.340 e. The predicted molar refractivity (Wildman–Crippen MR) is 207 cm³/mol. The Balaban J connectivity index is 1.55. The molecule has 7 rings (SSSR count). The van der Waals surface area contributed by atoms with Crippen molar-refractivity contribution in [3.05, 3.63) is 124 Å². The summed E-state index contributed by atoms with van der Waals surface area (Å²) in [7, 11) is 3.46. The third-order valence-electron chi connectivity index (χ3n) is 11.7. The van der Waals surface area contributed by atoms with Crippen molar-refractivity contribution in [3.63, 3.8) is 0 Å². The molecule has 0 N–H and O–H groups in total. The Hall–Kier alpha value is -4.91. The number of ether oxygens (including phenoxy) is 3. The van der Waals surface area contributed by atoms with Gasteiger partial charge in [-0.3, -0.25) is 0 Å². The lowest BCUT2D eigenvalue weighted by atomic mass is 9.72. The van der Waals surface area contributed by atoms with E-state index in [1.807, 2.05) is 18.2 Å². The normalized spacial score (nSPS) is 23.0. The van der Waals surface area contributed by atoms with Gasteiger partial charge in [-0.05, 0) is 113 Å². The number of hydrogen-bond acceptors (Lipinski definition) is 7. The van der Waals surface area contributed by atoms with Crippen molar-refractivity contribution in [1.29, 1.82) is 0 Å². The zero-order valence-corrected chi connectivity index (χ0v) is 31.3. The van der Waals surface area contributed by atoms with Gasteiger partial charge < -0.3 is 28.9 Å². The van der Waals surface area contributed by atoms with Gasteiger partial charge in [0.15, 0.2) is 5.60 Å². The SMILES string of the molecule is CCN(CC)c1ccc(C2(C=C(C3c4cc(OC)ccc4N(CC)C3C)C3c4cc(OC)ccc4N(CC)C3C)OC(=O)c3ccccc32)cc1. The van der Waals surface area contributed by atoms with Crippen LogP contribution in [0.2, 0.25) is 0 Å². The van der Waals surface area contributed by atoms with Crippen LogP contribution in [0, 0.1) is 0 Å². The number of benzene rings is 4. The average Bonchev–Trinajstić information content (AvgIpc) is 3.73. The third-order valence-corrected chi connectivity index (χ3v) is 11.7. The van der Waals surface area contributed by atoms with Crippen LogP contribution < -0.4 is 24.2 Å². The average molecular weight is 686 g/mol. The fourth-order valence-electron chi connectivity index (χ4n) is 9.25. The molecule has 51 heavy (non-hydrogen) atoms. The van der Waals surface area contributed by atoms with Crippen LogP contribution in [0.3, 0.4) is 0 Å². The molecule has 3 heterocycles. The van der Waals surface area contributed by atoms with Crippen molar-refractivity contribution in [2.75, 3.05) is 55.1 Å². The number of likely N-dealkylation sites (N-methyl/N-ethyl adjacent to an activating group) is 2. The Bertz CT molecular complexity index is 1870. The van der Waals surface area contributed by atoms with E-state index in [2.05, 4.69) is 129 Å². The van der Waals surface area contributed by atoms with Gasteiger partial charge in [0.2, 0.25) is 0 Å². The lowest BCUT2D eigenvalue weighted by Gasteiger charge is -2.36. The van der Waals surface area contributed by atoms with Gasteiger partial charge in [0.05, 0.1) is 19.8 Å². The maximum absolute atomic E-state index is 13.9. The topological polar surface area (TPSA) is 54.5 Å². The van der Waals surface area contributed by atoms with Crippen molar-refractivity contribution in [1.82, 2.24) is 0 Å². The predicted octanol–water partition coefficient (Wildman–Crippen LogP) is 8.91. The zero-order valence-electron chi connectivity index (χ0n) is 31.3. The van der Waals surface area contributed by atoms with Crippen molar-refractivity contribution >= 4 is 23.0 Å². The van der Waals surface area contributed by atoms with Gasteiger partial charge in [0.1, 0.15) is 11.5 Å². The van der Waals surface area contributed by atoms with Crippen molar-refractivity contribution in [3.8, 4) is 11.5 Å². The summed E-state index contributed by atoms with van der Waals surface area (Å²) in [6.07, 6.45) is 2.33. The molecule has 0 aromatic heterocycles. The highest BCUT2D eigenvalue weighted by Crippen LogP contribution is 2.57. The van der Waals surface area contributed by atoms with Crippen LogP contribution in [0.25, 0.3) is 0 Å². The Morgan fingerprint density at radius 1 is 0.765 bits per heavy atom. The summed E-state index contributed by atoms with van der Waals surface area (Å²) in [4.78, 5) is 21.3. The fourth-order valence-corrected chi connectivity index (χ4v) is 9.25. The van der Waals surface area contributed by atoms with E-state index < -0.39 is 5.60 Å². The minimum atomic E-state index is -1.14. The number of methoxy groups -OCH3 is 2. The molecular weight excluding hydrogens is 635 g/mol. The molecule has 0 radical (unpaired) electrons. The minimum Gasteiger partial charge on any atom is -0.497 e. The van der Waals surface area contributed by atoms with Gasteiger partial charge >= 0.3 is 5.97 Å². The highest BCUT2D eigenvalue weighted by atomic mass is 16.6. The molecule has 5 unspecified atom stereocenters. The standard InChI is InChI=1S/C44H51N3O4/c1-9-45(10-2)31-19-17-30(18-20-31)44(38-16-14-13-15-34(38)43(48)51-44)27-37(41-28(5)46(11-3)39-23-21-32(49-7)25-35(39)41)42-29(6)47(12-4)40-24-22-33(50-8)26-36(40)42/h13-29,41-42H,9-12H2,1-8H3. The number of rotatable bonds is 11. The number of nitrogens with zero attached hydrogens (tertiary/aromatic N) is 3. The molecule has 3 aliphatic rings. The Kier molecular flexibility index (Phi) is 9.25. The second-order valence-corrected chi connectivity index (χ2v) is 13.9. The molecule has 7 heteroatoms. The largest absolute Gasteiger partial charge is 0.497 e. The van der Waals surface area contributed by atoms with Crippen LogP contribution in [0.1, 0.15) is 86.0 Å². The molecule has 0 fully saturated rings. The van der Waals surface area contributed by atoms with Crippen LogP contribution in [-0.4, -0.2) is 58.5 Å². The summed E-state index contributed by atoms with van der Waals surface area (Å²) in [6.45, 7) is 17.0. The van der Waals surface area contributed by atoms with Gasteiger partial charge in [-0.15, -0.1) is 0 Å². The number of esters is 1. The van der Waals surface area contributed by atoms with E-state index in [9.17, 15) is 4.79 Å². The molecular formula is C44H51N3O4. The van der Waals surface area contributed by atoms with E-state index in [1.54, 1.807) is 14.2 Å². The number of cyclic esters (lactones) is 1. The maximum atomic E-state index is 13.9. The summed E-state index contributed by atoms with van der Waals surface area (Å²) in [5.41, 5.74) is 8.53. The van der Waals surface area contributed by atoms with E-state index in [0.717, 1.165) is 54.5 Å². The van der Waals surface area contributed by atoms with E-state index in [1.165, 1.54) is 28.1 Å². The summed E-state index contributed by atoms with van der Waals surface area (Å²) >= 11 is 0. The molecule has 0 bridgehead atoms. The van der Waals surface area contributed by atoms with E-state index in [0.29, 0.717) is 5.56 Å². The quantitative estimate of drug-likeness (QED) is 0.115. The second-order valence-electron chi connectivity index (χ2n) is 13.9. The second kappa shape index (κ2) is 13.7. The summed E-state index contributed by atoms with van der Waals surface area (Å²) in [5.74, 6) is 1.33. The van der Waals surface area contributed by atoms with Crippen molar-refractivity contribution in [2.45, 2.75) is 71.1 Å². The van der Waals surface area contributed by atoms with E-state index in [4.69, 9.17) is 14.2 Å². The molecule has 0 aliphatic carbocycles. The summed E-state index contributed by atoms with van der Waals surface area (Å²) < 4.78 is 18.4. The first-order chi connectivity index (χ1) is 24.7. The highest BCUT2D eigenvalue weighted by molar-refractivity contribution is 5.96. The van der Waals surface area contributed by atoms with Gasteiger partial charge in [0, 0.05) is 78.3 Å². The number of anilines is 3. The number of hydrogen-bond donors (Lipinski definition) is 0. The Labute approximate surface area is 303 Å². The number of fused-ring (bicyclic) bond motifs is 3. The number of carbonyl (C=O) groups is 1. The first kappa shape index (κ1) is 34.5. The van der Waals surface area contributed by atoms with Gasteiger partial charge in [-0.25, -0.2) is 4.79 Å². The Morgan fingerprint density at radius 2 is 1.29 bits per heavy atom. The molecule has 266 valence electrons. The molecule has 5 atom stereocenters. The Morgan fingerprint density at radius 3 is 1.78 bits per heavy atom. The monoisotopic (exact) mass is 685 g/mol. The van der Waals surface area contributed by atoms with E-state index in [-0.39, 0.29) is 29.9 Å². The molecule has 3 aliphatic heterocycles. The number of carbonyl (C=O) groups excluding carboxylic acids is 1. The summed E-state index contributed by atoms with van der Waals surface area (Å²) in [6, 6.07) is 29.7. The first-order valence-electron chi connectivity index (χ1n) is 18.5. The molecule has 0 amide bonds. The van der Waals surface area contributed by atoms with Crippen LogP contribution in [0.15, 0.2) is 96.6 Å². The molecule has 4 aromatic carbocycles. The van der Waals surface area contributed by atoms with Crippen molar-refractivity contribution in [2.24, 2.45) is 0 Å². The van der Waals surface area contributed by atoms with Crippen LogP contribution in [-0.2, 0) is 10.3 Å². The van der Waals surface area contributed by atoms with Gasteiger partial charge in [-0.2, -0.15) is 0 Å². The zero-order chi connectivity index (χ0) is 36.0. The van der Waals surface area contributed by atoms with Crippen LogP contribution >= 0.6 is 0 Å². The smallest absolute Gasteiger partial charge is 0.340 e. The molecule has 0 saturated carbocycles. The summed E-state index contributed by atoms with van der Waals surface area (Å²) in [5, 5.41) is 0. The molecule has 7 nitrogen and oxygen atoms in total. The lowest BCUT2D eigenvalue weighted by molar-refractivity contribution is 0.0270. The highest BCUT2D eigenvalue weighted by Gasteiger charge is 2.51. The lowest BCUT2D eigenvalue weighted by Crippen LogP contribution is -2.37. The molecule has 0 saturated heterocycles. The molecule has 0 spiro atoms. The third kappa shape index (κ3) is 5.44. The van der Waals surface area contributed by atoms with Crippen molar-refractivity contribution < 1.29 is 19.0 Å². The first-order valence-corrected chi connectivity index (χ1v) is 18.5.